The number of hydrogen-bond donors (Lipinski definition) is 1. The van der Waals surface area contributed by atoms with Gasteiger partial charge in [-0.1, -0.05) is 30.7 Å². The third-order valence-corrected chi connectivity index (χ3v) is 4.89. The number of rotatable bonds is 3. The van der Waals surface area contributed by atoms with Crippen molar-refractivity contribution in [1.82, 2.24) is 9.97 Å². The zero-order chi connectivity index (χ0) is 14.4. The molecule has 2 fully saturated rings. The van der Waals surface area contributed by atoms with Gasteiger partial charge in [0, 0.05) is 17.0 Å². The standard InChI is InChI=1S/C18H20N2O/c1-11-16(19-17(15-9-10-15)20-18(11)21)14-7-5-13(6-8-14)12-3-2-4-12/h5-8,12,15H,2-4,9-10H2,1H3,(H,19,20,21). The van der Waals surface area contributed by atoms with Gasteiger partial charge in [-0.3, -0.25) is 4.79 Å². The van der Waals surface area contributed by atoms with Crippen molar-refractivity contribution in [3.05, 3.63) is 51.6 Å². The normalized spacial score (nSPS) is 18.5. The van der Waals surface area contributed by atoms with Gasteiger partial charge in [0.1, 0.15) is 5.82 Å². The molecule has 1 aromatic heterocycles. The van der Waals surface area contributed by atoms with E-state index in [2.05, 4.69) is 29.2 Å². The van der Waals surface area contributed by atoms with E-state index < -0.39 is 0 Å². The first-order valence-electron chi connectivity index (χ1n) is 7.93. The summed E-state index contributed by atoms with van der Waals surface area (Å²) in [5.74, 6) is 2.07. The van der Waals surface area contributed by atoms with Crippen LogP contribution in [0.25, 0.3) is 11.3 Å². The first kappa shape index (κ1) is 12.8. The first-order chi connectivity index (χ1) is 10.2. The van der Waals surface area contributed by atoms with E-state index in [1.807, 2.05) is 6.92 Å². The summed E-state index contributed by atoms with van der Waals surface area (Å²) in [6.07, 6.45) is 6.27. The number of hydrogen-bond acceptors (Lipinski definition) is 2. The lowest BCUT2D eigenvalue weighted by Crippen LogP contribution is -2.15. The van der Waals surface area contributed by atoms with E-state index in [4.69, 9.17) is 4.98 Å². The Labute approximate surface area is 124 Å². The van der Waals surface area contributed by atoms with Crippen molar-refractivity contribution in [2.45, 2.75) is 50.9 Å². The molecule has 0 saturated heterocycles. The molecule has 2 aliphatic rings. The summed E-state index contributed by atoms with van der Waals surface area (Å²) in [6, 6.07) is 8.66. The smallest absolute Gasteiger partial charge is 0.254 e. The van der Waals surface area contributed by atoms with E-state index in [-0.39, 0.29) is 5.56 Å². The van der Waals surface area contributed by atoms with Gasteiger partial charge in [-0.2, -0.15) is 0 Å². The third kappa shape index (κ3) is 2.31. The topological polar surface area (TPSA) is 45.8 Å². The lowest BCUT2D eigenvalue weighted by atomic mass is 9.80. The SMILES string of the molecule is Cc1c(-c2ccc(C3CCC3)cc2)nc(C2CC2)[nH]c1=O. The van der Waals surface area contributed by atoms with Gasteiger partial charge in [-0.15, -0.1) is 0 Å². The van der Waals surface area contributed by atoms with Crippen molar-refractivity contribution in [3.63, 3.8) is 0 Å². The lowest BCUT2D eigenvalue weighted by Gasteiger charge is -2.25. The van der Waals surface area contributed by atoms with Crippen LogP contribution in [0.2, 0.25) is 0 Å². The molecule has 2 aromatic rings. The molecule has 108 valence electrons. The Balaban J connectivity index is 1.73. The van der Waals surface area contributed by atoms with E-state index >= 15 is 0 Å². The maximum absolute atomic E-state index is 12.1. The average molecular weight is 280 g/mol. The predicted octanol–water partition coefficient (Wildman–Crippen LogP) is 3.89. The Kier molecular flexibility index (Phi) is 2.95. The molecule has 0 unspecified atom stereocenters. The highest BCUT2D eigenvalue weighted by Gasteiger charge is 2.27. The first-order valence-corrected chi connectivity index (χ1v) is 7.93. The molecule has 3 heteroatoms. The van der Waals surface area contributed by atoms with Gasteiger partial charge in [0.25, 0.3) is 5.56 Å². The fourth-order valence-corrected chi connectivity index (χ4v) is 3.04. The van der Waals surface area contributed by atoms with Gasteiger partial charge in [-0.05, 0) is 44.1 Å². The summed E-state index contributed by atoms with van der Waals surface area (Å²) < 4.78 is 0. The molecule has 1 aromatic carbocycles. The Hall–Kier alpha value is -1.90. The molecular formula is C18H20N2O. The number of H-pyrrole nitrogens is 1. The van der Waals surface area contributed by atoms with Crippen LogP contribution < -0.4 is 5.56 Å². The second-order valence-corrected chi connectivity index (χ2v) is 6.45. The van der Waals surface area contributed by atoms with Crippen LogP contribution >= 0.6 is 0 Å². The Morgan fingerprint density at radius 1 is 1.05 bits per heavy atom. The molecule has 1 heterocycles. The molecule has 0 aliphatic heterocycles. The highest BCUT2D eigenvalue weighted by atomic mass is 16.1. The van der Waals surface area contributed by atoms with E-state index in [1.54, 1.807) is 0 Å². The van der Waals surface area contributed by atoms with Gasteiger partial charge >= 0.3 is 0 Å². The highest BCUT2D eigenvalue weighted by molar-refractivity contribution is 5.63. The second kappa shape index (κ2) is 4.83. The van der Waals surface area contributed by atoms with E-state index in [1.165, 1.54) is 24.8 Å². The average Bonchev–Trinajstić information content (AvgIpc) is 3.25. The quantitative estimate of drug-likeness (QED) is 0.927. The lowest BCUT2D eigenvalue weighted by molar-refractivity contribution is 0.420. The van der Waals surface area contributed by atoms with Crippen LogP contribution in [-0.4, -0.2) is 9.97 Å². The zero-order valence-electron chi connectivity index (χ0n) is 12.4. The zero-order valence-corrected chi connectivity index (χ0v) is 12.4. The van der Waals surface area contributed by atoms with Gasteiger partial charge in [0.05, 0.1) is 5.69 Å². The van der Waals surface area contributed by atoms with Crippen molar-refractivity contribution >= 4 is 0 Å². The second-order valence-electron chi connectivity index (χ2n) is 6.45. The molecule has 0 bridgehead atoms. The van der Waals surface area contributed by atoms with Crippen molar-refractivity contribution < 1.29 is 0 Å². The fourth-order valence-electron chi connectivity index (χ4n) is 3.04. The van der Waals surface area contributed by atoms with Crippen molar-refractivity contribution in [1.29, 1.82) is 0 Å². The minimum atomic E-state index is 0.00460. The summed E-state index contributed by atoms with van der Waals surface area (Å²) in [5, 5.41) is 0. The minimum Gasteiger partial charge on any atom is -0.310 e. The molecule has 2 aliphatic carbocycles. The van der Waals surface area contributed by atoms with Crippen LogP contribution in [-0.2, 0) is 0 Å². The van der Waals surface area contributed by atoms with E-state index in [9.17, 15) is 4.79 Å². The Morgan fingerprint density at radius 3 is 2.33 bits per heavy atom. The van der Waals surface area contributed by atoms with Crippen LogP contribution in [0.5, 0.6) is 0 Å². The monoisotopic (exact) mass is 280 g/mol. The minimum absolute atomic E-state index is 0.00460. The van der Waals surface area contributed by atoms with Crippen LogP contribution in [0.1, 0.15) is 60.9 Å². The maximum atomic E-state index is 12.1. The van der Waals surface area contributed by atoms with Crippen LogP contribution in [0.4, 0.5) is 0 Å². The van der Waals surface area contributed by atoms with Gasteiger partial charge in [-0.25, -0.2) is 4.98 Å². The van der Waals surface area contributed by atoms with Crippen molar-refractivity contribution in [2.24, 2.45) is 0 Å². The Bertz CT molecular complexity index is 722. The van der Waals surface area contributed by atoms with Gasteiger partial charge < -0.3 is 4.98 Å². The molecule has 2 saturated carbocycles. The van der Waals surface area contributed by atoms with Gasteiger partial charge in [0.15, 0.2) is 0 Å². The Morgan fingerprint density at radius 2 is 1.76 bits per heavy atom. The molecule has 4 rings (SSSR count). The number of benzene rings is 1. The number of nitrogens with one attached hydrogen (secondary N) is 1. The molecule has 21 heavy (non-hydrogen) atoms. The largest absolute Gasteiger partial charge is 0.310 e. The number of nitrogens with zero attached hydrogens (tertiary/aromatic N) is 1. The molecular weight excluding hydrogens is 260 g/mol. The molecule has 0 atom stereocenters. The molecule has 0 amide bonds. The number of aromatic amines is 1. The molecule has 0 radical (unpaired) electrons. The summed E-state index contributed by atoms with van der Waals surface area (Å²) in [6.45, 7) is 1.86. The highest BCUT2D eigenvalue weighted by Crippen LogP contribution is 2.39. The van der Waals surface area contributed by atoms with E-state index in [0.717, 1.165) is 41.4 Å². The van der Waals surface area contributed by atoms with Gasteiger partial charge in [0.2, 0.25) is 0 Å². The summed E-state index contributed by atoms with van der Waals surface area (Å²) in [5.41, 5.74) is 4.06. The molecule has 3 nitrogen and oxygen atoms in total. The summed E-state index contributed by atoms with van der Waals surface area (Å²) in [4.78, 5) is 19.7. The fraction of sp³-hybridized carbons (Fsp3) is 0.444. The summed E-state index contributed by atoms with van der Waals surface area (Å²) >= 11 is 0. The van der Waals surface area contributed by atoms with E-state index in [0.29, 0.717) is 5.92 Å². The van der Waals surface area contributed by atoms with Crippen LogP contribution in [0.3, 0.4) is 0 Å². The number of aromatic nitrogens is 2. The van der Waals surface area contributed by atoms with Crippen LogP contribution in [0.15, 0.2) is 29.1 Å². The molecule has 0 spiro atoms. The third-order valence-electron chi connectivity index (χ3n) is 4.89. The maximum Gasteiger partial charge on any atom is 0.254 e. The van der Waals surface area contributed by atoms with Crippen molar-refractivity contribution in [3.8, 4) is 11.3 Å². The summed E-state index contributed by atoms with van der Waals surface area (Å²) in [7, 11) is 0. The predicted molar refractivity (Wildman–Crippen MR) is 83.6 cm³/mol. The van der Waals surface area contributed by atoms with Crippen molar-refractivity contribution in [2.75, 3.05) is 0 Å². The van der Waals surface area contributed by atoms with Crippen LogP contribution in [0, 0.1) is 6.92 Å². The molecule has 1 N–H and O–H groups in total.